The van der Waals surface area contributed by atoms with E-state index in [1.54, 1.807) is 0 Å². The Labute approximate surface area is 93.4 Å². The topological polar surface area (TPSA) is 12.0 Å². The standard InChI is InChI=1S/C12H25NS/c1-4-6-10-7-8-11(13-5-2)12(9-10)14-3/h10-13H,4-9H2,1-3H3. The molecule has 2 heteroatoms. The molecule has 1 rings (SSSR count). The molecule has 1 N–H and O–H groups in total. The highest BCUT2D eigenvalue weighted by Crippen LogP contribution is 2.33. The molecule has 1 saturated carbocycles. The molecule has 84 valence electrons. The zero-order valence-electron chi connectivity index (χ0n) is 9.88. The van der Waals surface area contributed by atoms with Crippen molar-refractivity contribution in [3.05, 3.63) is 0 Å². The predicted octanol–water partition coefficient (Wildman–Crippen LogP) is 3.30. The maximum atomic E-state index is 3.63. The highest BCUT2D eigenvalue weighted by Gasteiger charge is 2.28. The number of hydrogen-bond acceptors (Lipinski definition) is 2. The lowest BCUT2D eigenvalue weighted by Gasteiger charge is -2.35. The zero-order chi connectivity index (χ0) is 10.4. The highest BCUT2D eigenvalue weighted by atomic mass is 32.2. The Bertz CT molecular complexity index is 149. The van der Waals surface area contributed by atoms with Gasteiger partial charge in [-0.1, -0.05) is 26.7 Å². The van der Waals surface area contributed by atoms with E-state index in [-0.39, 0.29) is 0 Å². The molecule has 1 fully saturated rings. The molecule has 0 radical (unpaired) electrons. The van der Waals surface area contributed by atoms with Gasteiger partial charge in [-0.3, -0.25) is 0 Å². The van der Waals surface area contributed by atoms with Gasteiger partial charge in [0.05, 0.1) is 0 Å². The van der Waals surface area contributed by atoms with Crippen molar-refractivity contribution in [3.8, 4) is 0 Å². The van der Waals surface area contributed by atoms with Crippen molar-refractivity contribution in [2.45, 2.75) is 57.2 Å². The number of nitrogens with one attached hydrogen (secondary N) is 1. The molecule has 0 heterocycles. The molecule has 0 saturated heterocycles. The third kappa shape index (κ3) is 3.47. The lowest BCUT2D eigenvalue weighted by atomic mass is 9.83. The fraction of sp³-hybridized carbons (Fsp3) is 1.00. The molecule has 0 aromatic heterocycles. The van der Waals surface area contributed by atoms with E-state index in [9.17, 15) is 0 Å². The van der Waals surface area contributed by atoms with Gasteiger partial charge in [-0.25, -0.2) is 0 Å². The first-order valence-corrected chi connectivity index (χ1v) is 7.36. The number of hydrogen-bond donors (Lipinski definition) is 1. The van der Waals surface area contributed by atoms with Gasteiger partial charge in [-0.05, 0) is 38.0 Å². The summed E-state index contributed by atoms with van der Waals surface area (Å²) in [7, 11) is 0. The van der Waals surface area contributed by atoms with Gasteiger partial charge in [0.25, 0.3) is 0 Å². The van der Waals surface area contributed by atoms with E-state index in [0.29, 0.717) is 0 Å². The van der Waals surface area contributed by atoms with E-state index < -0.39 is 0 Å². The molecule has 3 unspecified atom stereocenters. The molecule has 3 atom stereocenters. The SMILES string of the molecule is CCCC1CCC(NCC)C(SC)C1. The first-order chi connectivity index (χ1) is 6.81. The fourth-order valence-corrected chi connectivity index (χ4v) is 3.66. The second kappa shape index (κ2) is 6.73. The average Bonchev–Trinajstić information content (AvgIpc) is 2.21. The van der Waals surface area contributed by atoms with Gasteiger partial charge in [0.1, 0.15) is 0 Å². The van der Waals surface area contributed by atoms with E-state index in [2.05, 4.69) is 37.2 Å². The van der Waals surface area contributed by atoms with Crippen molar-refractivity contribution in [2.75, 3.05) is 12.8 Å². The van der Waals surface area contributed by atoms with Crippen LogP contribution in [0.3, 0.4) is 0 Å². The highest BCUT2D eigenvalue weighted by molar-refractivity contribution is 7.99. The van der Waals surface area contributed by atoms with Gasteiger partial charge < -0.3 is 5.32 Å². The molecule has 0 aliphatic heterocycles. The third-order valence-corrected chi connectivity index (χ3v) is 4.49. The first kappa shape index (κ1) is 12.4. The fourth-order valence-electron chi connectivity index (χ4n) is 2.64. The summed E-state index contributed by atoms with van der Waals surface area (Å²) in [5.74, 6) is 1.01. The van der Waals surface area contributed by atoms with Gasteiger partial charge in [0.15, 0.2) is 0 Å². The lowest BCUT2D eigenvalue weighted by Crippen LogP contribution is -2.42. The molecule has 0 bridgehead atoms. The summed E-state index contributed by atoms with van der Waals surface area (Å²) >= 11 is 2.06. The van der Waals surface area contributed by atoms with E-state index in [0.717, 1.165) is 23.8 Å². The van der Waals surface area contributed by atoms with E-state index in [4.69, 9.17) is 0 Å². The molecule has 0 aromatic carbocycles. The smallest absolute Gasteiger partial charge is 0.0201 e. The molecule has 0 amide bonds. The average molecular weight is 215 g/mol. The summed E-state index contributed by atoms with van der Waals surface area (Å²) in [6, 6.07) is 0.781. The van der Waals surface area contributed by atoms with Crippen LogP contribution in [0.25, 0.3) is 0 Å². The monoisotopic (exact) mass is 215 g/mol. The molecular weight excluding hydrogens is 190 g/mol. The second-order valence-corrected chi connectivity index (χ2v) is 5.48. The van der Waals surface area contributed by atoms with E-state index >= 15 is 0 Å². The first-order valence-electron chi connectivity index (χ1n) is 6.07. The normalized spacial score (nSPS) is 33.2. The van der Waals surface area contributed by atoms with Gasteiger partial charge in [0.2, 0.25) is 0 Å². The minimum atomic E-state index is 0.781. The third-order valence-electron chi connectivity index (χ3n) is 3.37. The quantitative estimate of drug-likeness (QED) is 0.755. The summed E-state index contributed by atoms with van der Waals surface area (Å²) in [6.07, 6.45) is 9.34. The van der Waals surface area contributed by atoms with Crippen molar-refractivity contribution in [1.82, 2.24) is 5.32 Å². The molecule has 0 aromatic rings. The Morgan fingerprint density at radius 2 is 2.07 bits per heavy atom. The van der Waals surface area contributed by atoms with Crippen LogP contribution in [0.2, 0.25) is 0 Å². The molecule has 1 aliphatic rings. The summed E-state index contributed by atoms with van der Waals surface area (Å²) in [5, 5.41) is 4.49. The van der Waals surface area contributed by atoms with Crippen molar-refractivity contribution in [2.24, 2.45) is 5.92 Å². The van der Waals surface area contributed by atoms with Crippen molar-refractivity contribution in [3.63, 3.8) is 0 Å². The van der Waals surface area contributed by atoms with Crippen LogP contribution in [0.1, 0.15) is 46.0 Å². The molecule has 14 heavy (non-hydrogen) atoms. The van der Waals surface area contributed by atoms with Crippen LogP contribution in [0, 0.1) is 5.92 Å². The zero-order valence-corrected chi connectivity index (χ0v) is 10.7. The predicted molar refractivity (Wildman–Crippen MR) is 67.0 cm³/mol. The minimum Gasteiger partial charge on any atom is -0.313 e. The van der Waals surface area contributed by atoms with Crippen LogP contribution in [0.5, 0.6) is 0 Å². The van der Waals surface area contributed by atoms with Gasteiger partial charge >= 0.3 is 0 Å². The van der Waals surface area contributed by atoms with Crippen molar-refractivity contribution >= 4 is 11.8 Å². The van der Waals surface area contributed by atoms with Crippen LogP contribution in [0.15, 0.2) is 0 Å². The second-order valence-electron chi connectivity index (χ2n) is 4.41. The van der Waals surface area contributed by atoms with Crippen LogP contribution >= 0.6 is 11.8 Å². The Morgan fingerprint density at radius 3 is 2.64 bits per heavy atom. The Kier molecular flexibility index (Phi) is 5.95. The largest absolute Gasteiger partial charge is 0.313 e. The van der Waals surface area contributed by atoms with Gasteiger partial charge in [-0.15, -0.1) is 0 Å². The molecule has 1 aliphatic carbocycles. The summed E-state index contributed by atoms with van der Waals surface area (Å²) in [5.41, 5.74) is 0. The Morgan fingerprint density at radius 1 is 1.29 bits per heavy atom. The summed E-state index contributed by atoms with van der Waals surface area (Å²) in [6.45, 7) is 5.65. The molecular formula is C12H25NS. The number of thioether (sulfide) groups is 1. The van der Waals surface area contributed by atoms with E-state index in [1.807, 2.05) is 0 Å². The number of rotatable bonds is 5. The molecule has 0 spiro atoms. The Hall–Kier alpha value is 0.310. The summed E-state index contributed by atoms with van der Waals surface area (Å²) in [4.78, 5) is 0. The minimum absolute atomic E-state index is 0.781. The van der Waals surface area contributed by atoms with Gasteiger partial charge in [-0.2, -0.15) is 11.8 Å². The van der Waals surface area contributed by atoms with Crippen molar-refractivity contribution in [1.29, 1.82) is 0 Å². The molecule has 1 nitrogen and oxygen atoms in total. The van der Waals surface area contributed by atoms with Crippen LogP contribution in [-0.4, -0.2) is 24.1 Å². The van der Waals surface area contributed by atoms with Crippen molar-refractivity contribution < 1.29 is 0 Å². The summed E-state index contributed by atoms with van der Waals surface area (Å²) < 4.78 is 0. The van der Waals surface area contributed by atoms with E-state index in [1.165, 1.54) is 32.1 Å². The van der Waals surface area contributed by atoms with Crippen LogP contribution in [0.4, 0.5) is 0 Å². The van der Waals surface area contributed by atoms with Crippen LogP contribution < -0.4 is 5.32 Å². The Balaban J connectivity index is 2.37. The maximum absolute atomic E-state index is 3.63. The van der Waals surface area contributed by atoms with Crippen LogP contribution in [-0.2, 0) is 0 Å². The maximum Gasteiger partial charge on any atom is 0.0201 e. The lowest BCUT2D eigenvalue weighted by molar-refractivity contribution is 0.290. The van der Waals surface area contributed by atoms with Gasteiger partial charge in [0, 0.05) is 11.3 Å².